The summed E-state index contributed by atoms with van der Waals surface area (Å²) in [4.78, 5) is 14.9. The van der Waals surface area contributed by atoms with Gasteiger partial charge in [0.2, 0.25) is 5.91 Å². The smallest absolute Gasteiger partial charge is 0.244 e. The first-order chi connectivity index (χ1) is 12.0. The molecular formula is C19H31Cl2N3O3. The topological polar surface area (TPSA) is 62.8 Å². The first-order valence-corrected chi connectivity index (χ1v) is 9.14. The van der Waals surface area contributed by atoms with Crippen molar-refractivity contribution in [3.05, 3.63) is 29.8 Å². The normalized spacial score (nSPS) is 28.6. The molecule has 1 aromatic rings. The Bertz CT molecular complexity index is 595. The number of carbonyl (C=O) groups excluding carboxylic acids is 1. The molecule has 0 radical (unpaired) electrons. The van der Waals surface area contributed by atoms with E-state index in [0.29, 0.717) is 13.2 Å². The van der Waals surface area contributed by atoms with E-state index in [1.165, 1.54) is 5.56 Å². The molecule has 27 heavy (non-hydrogen) atoms. The summed E-state index contributed by atoms with van der Waals surface area (Å²) in [5.74, 6) is -0.0435. The SMILES string of the molecule is CC1CN(Cc2cccc(NC(=O)[C@H]3NCCO[C@@H]3C)c2)CC(C)O1.Cl.Cl. The van der Waals surface area contributed by atoms with Gasteiger partial charge in [-0.3, -0.25) is 9.69 Å². The number of halogens is 2. The molecule has 2 unspecified atom stereocenters. The Kier molecular flexibility index (Phi) is 10.0. The van der Waals surface area contributed by atoms with E-state index >= 15 is 0 Å². The molecule has 6 nitrogen and oxygen atoms in total. The van der Waals surface area contributed by atoms with E-state index < -0.39 is 0 Å². The average Bonchev–Trinajstić information content (AvgIpc) is 2.54. The van der Waals surface area contributed by atoms with E-state index in [9.17, 15) is 4.79 Å². The molecule has 154 valence electrons. The van der Waals surface area contributed by atoms with Gasteiger partial charge in [-0.1, -0.05) is 12.1 Å². The number of anilines is 1. The van der Waals surface area contributed by atoms with Gasteiger partial charge in [0.25, 0.3) is 0 Å². The van der Waals surface area contributed by atoms with Gasteiger partial charge in [-0.25, -0.2) is 0 Å². The maximum Gasteiger partial charge on any atom is 0.244 e. The second kappa shape index (κ2) is 11.2. The van der Waals surface area contributed by atoms with E-state index in [4.69, 9.17) is 9.47 Å². The fraction of sp³-hybridized carbons (Fsp3) is 0.632. The summed E-state index contributed by atoms with van der Waals surface area (Å²) in [6.45, 7) is 10.2. The van der Waals surface area contributed by atoms with Crippen molar-refractivity contribution in [3.8, 4) is 0 Å². The zero-order chi connectivity index (χ0) is 17.8. The fourth-order valence-electron chi connectivity index (χ4n) is 3.67. The van der Waals surface area contributed by atoms with Crippen LogP contribution in [0.5, 0.6) is 0 Å². The van der Waals surface area contributed by atoms with Gasteiger partial charge in [0.1, 0.15) is 6.04 Å². The molecule has 0 spiro atoms. The van der Waals surface area contributed by atoms with Gasteiger partial charge < -0.3 is 20.1 Å². The lowest BCUT2D eigenvalue weighted by atomic mass is 10.1. The number of carbonyl (C=O) groups is 1. The van der Waals surface area contributed by atoms with Gasteiger partial charge in [-0.15, -0.1) is 24.8 Å². The Labute approximate surface area is 174 Å². The predicted octanol–water partition coefficient (Wildman–Crippen LogP) is 2.45. The minimum atomic E-state index is -0.307. The largest absolute Gasteiger partial charge is 0.375 e. The minimum absolute atomic E-state index is 0. The van der Waals surface area contributed by atoms with Gasteiger partial charge in [0.15, 0.2) is 0 Å². The molecule has 0 bridgehead atoms. The zero-order valence-corrected chi connectivity index (χ0v) is 17.8. The van der Waals surface area contributed by atoms with E-state index in [0.717, 1.165) is 25.3 Å². The summed E-state index contributed by atoms with van der Waals surface area (Å²) in [6.07, 6.45) is 0.393. The lowest BCUT2D eigenvalue weighted by Gasteiger charge is -2.35. The van der Waals surface area contributed by atoms with Crippen molar-refractivity contribution in [1.29, 1.82) is 0 Å². The van der Waals surface area contributed by atoms with Crippen molar-refractivity contribution in [2.45, 2.75) is 51.7 Å². The number of rotatable bonds is 4. The number of nitrogens with one attached hydrogen (secondary N) is 2. The van der Waals surface area contributed by atoms with E-state index in [1.54, 1.807) is 0 Å². The quantitative estimate of drug-likeness (QED) is 0.784. The lowest BCUT2D eigenvalue weighted by molar-refractivity contribution is -0.123. The highest BCUT2D eigenvalue weighted by Crippen LogP contribution is 2.17. The molecule has 2 heterocycles. The maximum atomic E-state index is 12.5. The van der Waals surface area contributed by atoms with Crippen molar-refractivity contribution in [2.24, 2.45) is 0 Å². The Balaban J connectivity index is 0.00000182. The summed E-state index contributed by atoms with van der Waals surface area (Å²) < 4.78 is 11.3. The number of benzene rings is 1. The van der Waals surface area contributed by atoms with Crippen LogP contribution in [0.25, 0.3) is 0 Å². The van der Waals surface area contributed by atoms with Crippen LogP contribution in [0.2, 0.25) is 0 Å². The van der Waals surface area contributed by atoms with Crippen LogP contribution in [-0.2, 0) is 20.8 Å². The lowest BCUT2D eigenvalue weighted by Crippen LogP contribution is -2.53. The van der Waals surface area contributed by atoms with Crippen LogP contribution < -0.4 is 10.6 Å². The molecule has 1 aromatic carbocycles. The van der Waals surface area contributed by atoms with Crippen LogP contribution in [0.4, 0.5) is 5.69 Å². The van der Waals surface area contributed by atoms with E-state index in [2.05, 4.69) is 41.5 Å². The highest BCUT2D eigenvalue weighted by atomic mass is 35.5. The van der Waals surface area contributed by atoms with Gasteiger partial charge >= 0.3 is 0 Å². The average molecular weight is 420 g/mol. The Hall–Kier alpha value is -0.890. The molecular weight excluding hydrogens is 389 g/mol. The van der Waals surface area contributed by atoms with Crippen molar-refractivity contribution in [2.75, 3.05) is 31.6 Å². The standard InChI is InChI=1S/C19H29N3O3.2ClH/c1-13-10-22(11-14(2)25-13)12-16-5-4-6-17(9-16)21-19(23)18-15(3)24-8-7-20-18;;/h4-6,9,13-15,18,20H,7-8,10-12H2,1-3H3,(H,21,23);2*1H/t13?,14?,15-,18+;;/m1../s1. The van der Waals surface area contributed by atoms with Crippen molar-refractivity contribution in [3.63, 3.8) is 0 Å². The first kappa shape index (κ1) is 24.1. The molecule has 0 aromatic heterocycles. The molecule has 1 amide bonds. The van der Waals surface area contributed by atoms with E-state index in [1.807, 2.05) is 19.1 Å². The summed E-state index contributed by atoms with van der Waals surface area (Å²) in [7, 11) is 0. The third kappa shape index (κ3) is 6.89. The minimum Gasteiger partial charge on any atom is -0.375 e. The van der Waals surface area contributed by atoms with Crippen molar-refractivity contribution in [1.82, 2.24) is 10.2 Å². The highest BCUT2D eigenvalue weighted by Gasteiger charge is 2.28. The molecule has 2 aliphatic rings. The van der Waals surface area contributed by atoms with Crippen LogP contribution in [0.15, 0.2) is 24.3 Å². The number of hydrogen-bond donors (Lipinski definition) is 2. The molecule has 4 atom stereocenters. The van der Waals surface area contributed by atoms with Crippen LogP contribution >= 0.6 is 24.8 Å². The maximum absolute atomic E-state index is 12.5. The van der Waals surface area contributed by atoms with Crippen LogP contribution in [0, 0.1) is 0 Å². The molecule has 8 heteroatoms. The summed E-state index contributed by atoms with van der Waals surface area (Å²) in [5.41, 5.74) is 2.02. The van der Waals surface area contributed by atoms with Crippen molar-refractivity contribution < 1.29 is 14.3 Å². The molecule has 0 aliphatic carbocycles. The molecule has 2 N–H and O–H groups in total. The number of morpholine rings is 2. The van der Waals surface area contributed by atoms with E-state index in [-0.39, 0.29) is 55.1 Å². The monoisotopic (exact) mass is 419 g/mol. The zero-order valence-electron chi connectivity index (χ0n) is 16.1. The second-order valence-corrected chi connectivity index (χ2v) is 7.15. The molecule has 2 saturated heterocycles. The Morgan fingerprint density at radius 3 is 2.59 bits per heavy atom. The fourth-order valence-corrected chi connectivity index (χ4v) is 3.67. The summed E-state index contributed by atoms with van der Waals surface area (Å²) >= 11 is 0. The Morgan fingerprint density at radius 2 is 1.93 bits per heavy atom. The van der Waals surface area contributed by atoms with Gasteiger partial charge in [0, 0.05) is 31.9 Å². The van der Waals surface area contributed by atoms with Crippen LogP contribution in [0.1, 0.15) is 26.3 Å². The summed E-state index contributed by atoms with van der Waals surface area (Å²) in [5, 5.41) is 6.23. The first-order valence-electron chi connectivity index (χ1n) is 9.14. The predicted molar refractivity (Wildman–Crippen MR) is 112 cm³/mol. The van der Waals surface area contributed by atoms with Crippen molar-refractivity contribution >= 4 is 36.4 Å². The molecule has 2 fully saturated rings. The van der Waals surface area contributed by atoms with Gasteiger partial charge in [-0.2, -0.15) is 0 Å². The number of hydrogen-bond acceptors (Lipinski definition) is 5. The third-order valence-electron chi connectivity index (χ3n) is 4.69. The third-order valence-corrected chi connectivity index (χ3v) is 4.69. The molecule has 3 rings (SSSR count). The molecule has 0 saturated carbocycles. The second-order valence-electron chi connectivity index (χ2n) is 7.15. The number of nitrogens with zero attached hydrogens (tertiary/aromatic N) is 1. The van der Waals surface area contributed by atoms with Crippen LogP contribution in [0.3, 0.4) is 0 Å². The van der Waals surface area contributed by atoms with Crippen LogP contribution in [-0.4, -0.2) is 61.4 Å². The summed E-state index contributed by atoms with van der Waals surface area (Å²) in [6, 6.07) is 7.77. The number of ether oxygens (including phenoxy) is 2. The Morgan fingerprint density at radius 1 is 1.22 bits per heavy atom. The molecule has 2 aliphatic heterocycles. The highest BCUT2D eigenvalue weighted by molar-refractivity contribution is 5.95. The van der Waals surface area contributed by atoms with Gasteiger partial charge in [0.05, 0.1) is 24.9 Å². The number of amides is 1. The van der Waals surface area contributed by atoms with Gasteiger partial charge in [-0.05, 0) is 38.5 Å².